The van der Waals surface area contributed by atoms with Gasteiger partial charge < -0.3 is 19.1 Å². The second-order valence-electron chi connectivity index (χ2n) is 24.5. The molecule has 1 aliphatic carbocycles. The smallest absolute Gasteiger partial charge is 0.311 e. The van der Waals surface area contributed by atoms with Crippen LogP contribution in [-0.2, 0) is 79.8 Å². The first-order valence-corrected chi connectivity index (χ1v) is 39.0. The van der Waals surface area contributed by atoms with Gasteiger partial charge in [0, 0.05) is 51.7 Å². The summed E-state index contributed by atoms with van der Waals surface area (Å²) in [5.74, 6) is -7.22. The van der Waals surface area contributed by atoms with Crippen molar-refractivity contribution in [3.05, 3.63) is 203 Å². The molecule has 6 aromatic carbocycles. The van der Waals surface area contributed by atoms with Crippen molar-refractivity contribution in [1.82, 2.24) is 19.6 Å². The van der Waals surface area contributed by atoms with E-state index >= 15 is 27.6 Å². The number of ether oxygens (including phenoxy) is 3. The van der Waals surface area contributed by atoms with Crippen molar-refractivity contribution in [1.29, 1.82) is 0 Å². The van der Waals surface area contributed by atoms with E-state index in [1.807, 2.05) is 128 Å². The van der Waals surface area contributed by atoms with E-state index in [1.165, 1.54) is 92.4 Å². The normalized spacial score (nSPS) is 27.2. The maximum Gasteiger partial charge on any atom is 0.311 e. The molecule has 0 unspecified atom stereocenters. The Morgan fingerprint density at radius 1 is 0.587 bits per heavy atom. The molecule has 5 aliphatic heterocycles. The molecule has 0 saturated carbocycles. The summed E-state index contributed by atoms with van der Waals surface area (Å²) in [6, 6.07) is 50.9. The van der Waals surface area contributed by atoms with Crippen molar-refractivity contribution in [3.8, 4) is 0 Å². The molecule has 0 bridgehead atoms. The average molecular weight is 1370 g/mol. The lowest BCUT2D eigenvalue weighted by Gasteiger charge is -2.54. The molecular formula is C68H69N5O12S7. The second kappa shape index (κ2) is 24.3. The quantitative estimate of drug-likeness (QED) is 0.0302. The van der Waals surface area contributed by atoms with E-state index in [4.69, 9.17) is 14.2 Å². The van der Waals surface area contributed by atoms with Gasteiger partial charge in [-0.1, -0.05) is 208 Å². The van der Waals surface area contributed by atoms with Crippen LogP contribution in [0.1, 0.15) is 94.2 Å². The highest BCUT2D eigenvalue weighted by molar-refractivity contribution is 9.10. The van der Waals surface area contributed by atoms with Crippen molar-refractivity contribution < 1.29 is 56.2 Å². The first-order chi connectivity index (χ1) is 44.0. The molecule has 6 aromatic rings. The Labute approximate surface area is 559 Å². The van der Waals surface area contributed by atoms with Crippen LogP contribution in [0.25, 0.3) is 0 Å². The topological polar surface area (TPSA) is 198 Å². The SMILES string of the molecule is CC[C@@]1(OC(=O)C(C)C)C(=O)N2[C@H]3Cc4ccccc4[C@@]3([C@]34C[C@]5(SSSC(c6ccccc6)(c6ccccc6)c6ccccc6)C(=O)N(C)[C@](COC(C)=O)(OC(=O)C(C)C)C(=O)N5[C@H]3N(S(=O)(=O)c3ccccc3)c3ccccc34)C[C@]2(SSSC)C(=O)N1C. The molecule has 24 heteroatoms. The van der Waals surface area contributed by atoms with E-state index in [-0.39, 0.29) is 36.3 Å². The molecular weight excluding hydrogens is 1300 g/mol. The number of esters is 3. The minimum atomic E-state index is -4.92. The fraction of sp³-hybridized carbons (Fsp3) is 0.368. The van der Waals surface area contributed by atoms with Crippen LogP contribution < -0.4 is 4.31 Å². The van der Waals surface area contributed by atoms with E-state index in [0.29, 0.717) is 11.1 Å². The van der Waals surface area contributed by atoms with Gasteiger partial charge >= 0.3 is 23.6 Å². The van der Waals surface area contributed by atoms with Gasteiger partial charge in [-0.2, -0.15) is 0 Å². The fourth-order valence-electron chi connectivity index (χ4n) is 15.1. The number of benzene rings is 6. The maximum atomic E-state index is 17.6. The monoisotopic (exact) mass is 1370 g/mol. The van der Waals surface area contributed by atoms with Crippen LogP contribution in [0.15, 0.2) is 175 Å². The zero-order chi connectivity index (χ0) is 65.6. The molecule has 4 saturated heterocycles. The Bertz CT molecular complexity index is 3950. The summed E-state index contributed by atoms with van der Waals surface area (Å²) < 4.78 is 52.2. The lowest BCUT2D eigenvalue weighted by Crippen LogP contribution is -2.78. The molecule has 0 aromatic heterocycles. The predicted octanol–water partition coefficient (Wildman–Crippen LogP) is 11.6. The van der Waals surface area contributed by atoms with Gasteiger partial charge in [0.05, 0.1) is 27.8 Å². The first-order valence-electron chi connectivity index (χ1n) is 30.2. The number of carbonyl (C=O) groups is 7. The summed E-state index contributed by atoms with van der Waals surface area (Å²) in [7, 11) is 5.39. The van der Waals surface area contributed by atoms with Crippen LogP contribution >= 0.6 is 62.8 Å². The van der Waals surface area contributed by atoms with Crippen molar-refractivity contribution >= 4 is 120 Å². The summed E-state index contributed by atoms with van der Waals surface area (Å²) in [4.78, 5) is 111. The van der Waals surface area contributed by atoms with Gasteiger partial charge in [0.25, 0.3) is 39.4 Å². The summed E-state index contributed by atoms with van der Waals surface area (Å²) in [5.41, 5.74) is -3.94. The van der Waals surface area contributed by atoms with Crippen LogP contribution in [-0.4, -0.2) is 130 Å². The number of piperazine rings is 2. The molecule has 6 aliphatic rings. The van der Waals surface area contributed by atoms with Gasteiger partial charge in [0.2, 0.25) is 0 Å². The number of sulfonamides is 1. The number of nitrogens with zero attached hydrogens (tertiary/aromatic N) is 5. The van der Waals surface area contributed by atoms with Crippen LogP contribution in [0.5, 0.6) is 0 Å². The Hall–Kier alpha value is -6.54. The molecule has 5 heterocycles. The highest BCUT2D eigenvalue weighted by atomic mass is 33.5. The van der Waals surface area contributed by atoms with Crippen LogP contribution in [0.2, 0.25) is 0 Å². The zero-order valence-electron chi connectivity index (χ0n) is 52.0. The molecule has 0 N–H and O–H groups in total. The molecule has 12 rings (SSSR count). The number of para-hydroxylation sites is 1. The first kappa shape index (κ1) is 65.5. The van der Waals surface area contributed by atoms with Crippen LogP contribution in [0.3, 0.4) is 0 Å². The standard InChI is InChI=1S/C68H69N5O12S7/c1-10-64(84-55(75)43(2)3)58(77)71-54-39-46-27-23-24-36-51(46)62(54,40-66(71,87-90-86-9)60(79)69(64)7)63-41-67(88-91-89-68(47-28-15-11-16-29-47,48-30-17-12-18-31-48)49-32-19-13-20-33-49)61(80)70(8)65(42-83-45(6)74,85-56(76)44(4)5)59(78)72(67)57(63)73(53-38-26-25-37-52(53)63)92(81,82)50-34-21-14-22-35-50/h11-38,43-44,54,57H,10,39-42H2,1-9H3/t54-,57-,62-,63-,64+,65+,66-,67-/m0/s1. The summed E-state index contributed by atoms with van der Waals surface area (Å²) >= 11 is 0. The van der Waals surface area contributed by atoms with Crippen molar-refractivity contribution in [2.45, 2.75) is 121 Å². The van der Waals surface area contributed by atoms with Gasteiger partial charge in [-0.25, -0.2) is 12.7 Å². The van der Waals surface area contributed by atoms with Crippen molar-refractivity contribution in [2.24, 2.45) is 11.8 Å². The van der Waals surface area contributed by atoms with Gasteiger partial charge in [0.1, 0.15) is 10.9 Å². The van der Waals surface area contributed by atoms with Crippen molar-refractivity contribution in [2.75, 3.05) is 31.3 Å². The number of amides is 4. The van der Waals surface area contributed by atoms with Gasteiger partial charge in [0.15, 0.2) is 16.3 Å². The largest absolute Gasteiger partial charge is 0.459 e. The molecule has 480 valence electrons. The molecule has 4 fully saturated rings. The molecule has 0 radical (unpaired) electrons. The van der Waals surface area contributed by atoms with Crippen LogP contribution in [0.4, 0.5) is 5.69 Å². The number of rotatable bonds is 20. The zero-order valence-corrected chi connectivity index (χ0v) is 57.7. The summed E-state index contributed by atoms with van der Waals surface area (Å²) in [5, 5.41) is 0. The van der Waals surface area contributed by atoms with Crippen LogP contribution in [0, 0.1) is 11.8 Å². The fourth-order valence-corrected chi connectivity index (χ4v) is 26.7. The van der Waals surface area contributed by atoms with E-state index in [0.717, 1.165) is 44.9 Å². The molecule has 0 spiro atoms. The molecule has 17 nitrogen and oxygen atoms in total. The van der Waals surface area contributed by atoms with E-state index < -0.39 is 119 Å². The minimum Gasteiger partial charge on any atom is -0.459 e. The average Bonchev–Trinajstić information content (AvgIpc) is 1.45. The highest BCUT2D eigenvalue weighted by Crippen LogP contribution is 2.78. The third-order valence-corrected chi connectivity index (χ3v) is 30.4. The summed E-state index contributed by atoms with van der Waals surface area (Å²) in [6.07, 6.45) is -0.629. The summed E-state index contributed by atoms with van der Waals surface area (Å²) in [6.45, 7) is 8.21. The Morgan fingerprint density at radius 3 is 1.58 bits per heavy atom. The van der Waals surface area contributed by atoms with E-state index in [9.17, 15) is 14.4 Å². The van der Waals surface area contributed by atoms with Gasteiger partial charge in [-0.05, 0) is 105 Å². The number of likely N-dealkylation sites (N-methyl/N-ethyl adjacent to an activating group) is 2. The minimum absolute atomic E-state index is 0.0911. The van der Waals surface area contributed by atoms with E-state index in [1.54, 1.807) is 75.9 Å². The van der Waals surface area contributed by atoms with Gasteiger partial charge in [-0.3, -0.25) is 48.3 Å². The molecule has 92 heavy (non-hydrogen) atoms. The van der Waals surface area contributed by atoms with Gasteiger partial charge in [-0.15, -0.1) is 0 Å². The molecule has 8 atom stereocenters. The lowest BCUT2D eigenvalue weighted by atomic mass is 9.53. The second-order valence-corrected chi connectivity index (χ2v) is 35.2. The number of hydrogen-bond acceptors (Lipinski definition) is 18. The van der Waals surface area contributed by atoms with Crippen molar-refractivity contribution in [3.63, 3.8) is 0 Å². The number of fused-ring (bicyclic) bond motifs is 11. The third kappa shape index (κ3) is 9.34. The molecule has 4 amide bonds. The number of anilines is 1. The Balaban J connectivity index is 1.20. The Kier molecular flexibility index (Phi) is 17.3. The highest BCUT2D eigenvalue weighted by Gasteiger charge is 2.87. The maximum absolute atomic E-state index is 17.6. The number of hydrogen-bond donors (Lipinski definition) is 0. The number of carbonyl (C=O) groups excluding carboxylic acids is 7. The Morgan fingerprint density at radius 2 is 1.04 bits per heavy atom. The predicted molar refractivity (Wildman–Crippen MR) is 362 cm³/mol. The van der Waals surface area contributed by atoms with E-state index in [2.05, 4.69) is 0 Å². The lowest BCUT2D eigenvalue weighted by molar-refractivity contribution is -0.223. The third-order valence-electron chi connectivity index (χ3n) is 19.2.